The molecular formula is C26H35BrO17. The molecule has 18 heteroatoms. The zero-order valence-corrected chi connectivity index (χ0v) is 26.6. The zero-order valence-electron chi connectivity index (χ0n) is 25.0. The number of rotatable bonds is 11. The average Bonchev–Trinajstić information content (AvgIpc) is 2.87. The van der Waals surface area contributed by atoms with E-state index in [4.69, 9.17) is 47.4 Å². The van der Waals surface area contributed by atoms with Crippen molar-refractivity contribution in [3.8, 4) is 0 Å². The van der Waals surface area contributed by atoms with Crippen LogP contribution in [-0.2, 0) is 80.9 Å². The van der Waals surface area contributed by atoms with Gasteiger partial charge in [0, 0.05) is 48.5 Å². The Morgan fingerprint density at radius 1 is 0.477 bits per heavy atom. The lowest BCUT2D eigenvalue weighted by atomic mass is 9.96. The van der Waals surface area contributed by atoms with Crippen molar-refractivity contribution in [2.75, 3.05) is 13.2 Å². The van der Waals surface area contributed by atoms with Crippen LogP contribution < -0.4 is 0 Å². The van der Waals surface area contributed by atoms with Gasteiger partial charge in [0.15, 0.2) is 41.8 Å². The molecule has 2 saturated heterocycles. The molecule has 44 heavy (non-hydrogen) atoms. The molecule has 10 atom stereocenters. The van der Waals surface area contributed by atoms with Gasteiger partial charge in [-0.25, -0.2) is 0 Å². The lowest BCUT2D eigenvalue weighted by Gasteiger charge is -2.48. The van der Waals surface area contributed by atoms with E-state index in [-0.39, 0.29) is 0 Å². The molecule has 0 radical (unpaired) electrons. The summed E-state index contributed by atoms with van der Waals surface area (Å²) in [5, 5.41) is -1.09. The summed E-state index contributed by atoms with van der Waals surface area (Å²) in [4.78, 5) is 83.8. The van der Waals surface area contributed by atoms with Crippen LogP contribution in [0.4, 0.5) is 0 Å². The Kier molecular flexibility index (Phi) is 13.9. The van der Waals surface area contributed by atoms with Crippen molar-refractivity contribution in [3.05, 3.63) is 0 Å². The fraction of sp³-hybridized carbons (Fsp3) is 0.731. The highest BCUT2D eigenvalue weighted by Crippen LogP contribution is 2.36. The first kappa shape index (κ1) is 36.8. The number of halogens is 1. The summed E-state index contributed by atoms with van der Waals surface area (Å²) in [6.45, 7) is 6.57. The van der Waals surface area contributed by atoms with Crippen molar-refractivity contribution >= 4 is 57.7 Å². The number of carbonyl (C=O) groups excluding carboxylic acids is 7. The van der Waals surface area contributed by atoms with E-state index in [1.165, 1.54) is 0 Å². The Hall–Kier alpha value is -3.35. The van der Waals surface area contributed by atoms with E-state index in [9.17, 15) is 33.6 Å². The highest BCUT2D eigenvalue weighted by Gasteiger charge is 2.57. The number of alkyl halides is 1. The highest BCUT2D eigenvalue weighted by atomic mass is 79.9. The van der Waals surface area contributed by atoms with Crippen LogP contribution in [0.5, 0.6) is 0 Å². The second-order valence-electron chi connectivity index (χ2n) is 9.64. The predicted octanol–water partition coefficient (Wildman–Crippen LogP) is 0.00100. The van der Waals surface area contributed by atoms with Crippen LogP contribution in [0, 0.1) is 0 Å². The van der Waals surface area contributed by atoms with Crippen molar-refractivity contribution < 1.29 is 80.9 Å². The van der Waals surface area contributed by atoms with Crippen molar-refractivity contribution in [1.82, 2.24) is 0 Å². The van der Waals surface area contributed by atoms with E-state index in [1.807, 2.05) is 0 Å². The quantitative estimate of drug-likeness (QED) is 0.158. The van der Waals surface area contributed by atoms with Gasteiger partial charge < -0.3 is 47.4 Å². The normalized spacial score (nSPS) is 31.5. The van der Waals surface area contributed by atoms with Crippen molar-refractivity contribution in [2.24, 2.45) is 0 Å². The SMILES string of the molecule is CC(=O)OC[C@H]1O[C@@H](O[C@H]2[C@H](OC(C)=O)[C@H](OC(C)=O)C(Br)O[C@@H]2COC(C)=O)[C@@H](OC(C)=O)[C@@H](OC(C)=O)[C@@H]1OC(C)=O. The number of esters is 7. The number of ether oxygens (including phenoxy) is 10. The fourth-order valence-corrected chi connectivity index (χ4v) is 5.15. The third-order valence-electron chi connectivity index (χ3n) is 5.87. The number of hydrogen-bond donors (Lipinski definition) is 0. The van der Waals surface area contributed by atoms with Gasteiger partial charge in [0.1, 0.15) is 31.5 Å². The molecule has 0 aromatic carbocycles. The Morgan fingerprint density at radius 3 is 1.27 bits per heavy atom. The first-order valence-corrected chi connectivity index (χ1v) is 14.1. The molecule has 2 rings (SSSR count). The Morgan fingerprint density at radius 2 is 0.841 bits per heavy atom. The van der Waals surface area contributed by atoms with Crippen LogP contribution in [0.1, 0.15) is 48.5 Å². The minimum Gasteiger partial charge on any atom is -0.463 e. The molecular weight excluding hydrogens is 664 g/mol. The minimum absolute atomic E-state index is 0.460. The summed E-state index contributed by atoms with van der Waals surface area (Å²) in [7, 11) is 0. The monoisotopic (exact) mass is 698 g/mol. The molecule has 248 valence electrons. The van der Waals surface area contributed by atoms with Crippen LogP contribution in [-0.4, -0.2) is 115 Å². The molecule has 2 heterocycles. The smallest absolute Gasteiger partial charge is 0.303 e. The molecule has 0 aromatic heterocycles. The largest absolute Gasteiger partial charge is 0.463 e. The van der Waals surface area contributed by atoms with Gasteiger partial charge in [-0.3, -0.25) is 33.6 Å². The highest BCUT2D eigenvalue weighted by molar-refractivity contribution is 9.09. The Labute approximate surface area is 260 Å². The van der Waals surface area contributed by atoms with Gasteiger partial charge in [-0.2, -0.15) is 0 Å². The molecule has 0 aliphatic carbocycles. The molecule has 0 amide bonds. The van der Waals surface area contributed by atoms with E-state index in [0.29, 0.717) is 0 Å². The van der Waals surface area contributed by atoms with E-state index < -0.39 is 115 Å². The summed E-state index contributed by atoms with van der Waals surface area (Å²) < 4.78 is 55.2. The molecule has 0 spiro atoms. The van der Waals surface area contributed by atoms with Gasteiger partial charge in [-0.1, -0.05) is 15.9 Å². The molecule has 0 bridgehead atoms. The van der Waals surface area contributed by atoms with Crippen LogP contribution in [0.3, 0.4) is 0 Å². The molecule has 0 saturated carbocycles. The van der Waals surface area contributed by atoms with Gasteiger partial charge >= 0.3 is 41.8 Å². The maximum Gasteiger partial charge on any atom is 0.303 e. The Balaban J connectivity index is 2.66. The second kappa shape index (κ2) is 16.6. The van der Waals surface area contributed by atoms with Gasteiger partial charge in [0.2, 0.25) is 0 Å². The van der Waals surface area contributed by atoms with E-state index in [0.717, 1.165) is 48.5 Å². The third-order valence-corrected chi connectivity index (χ3v) is 6.61. The van der Waals surface area contributed by atoms with Gasteiger partial charge in [-0.05, 0) is 0 Å². The van der Waals surface area contributed by atoms with Gasteiger partial charge in [0.25, 0.3) is 0 Å². The summed E-state index contributed by atoms with van der Waals surface area (Å²) in [6, 6.07) is 0. The lowest BCUT2D eigenvalue weighted by molar-refractivity contribution is -0.341. The maximum atomic E-state index is 12.2. The van der Waals surface area contributed by atoms with E-state index in [2.05, 4.69) is 15.9 Å². The molecule has 2 aliphatic heterocycles. The van der Waals surface area contributed by atoms with Crippen molar-refractivity contribution in [2.45, 2.75) is 109 Å². The summed E-state index contributed by atoms with van der Waals surface area (Å²) in [6.07, 6.45) is -13.2. The molecule has 2 fully saturated rings. The van der Waals surface area contributed by atoms with E-state index >= 15 is 0 Å². The van der Waals surface area contributed by atoms with Crippen LogP contribution in [0.2, 0.25) is 0 Å². The zero-order chi connectivity index (χ0) is 33.3. The molecule has 1 unspecified atom stereocenters. The minimum atomic E-state index is -1.73. The van der Waals surface area contributed by atoms with Gasteiger partial charge in [-0.15, -0.1) is 0 Å². The lowest BCUT2D eigenvalue weighted by Crippen LogP contribution is -2.66. The van der Waals surface area contributed by atoms with Crippen LogP contribution in [0.25, 0.3) is 0 Å². The number of hydrogen-bond acceptors (Lipinski definition) is 17. The average molecular weight is 699 g/mol. The molecule has 0 N–H and O–H groups in total. The topological polar surface area (TPSA) is 212 Å². The van der Waals surface area contributed by atoms with Crippen molar-refractivity contribution in [3.63, 3.8) is 0 Å². The Bertz CT molecular complexity index is 1090. The first-order valence-electron chi connectivity index (χ1n) is 13.2. The van der Waals surface area contributed by atoms with E-state index in [1.54, 1.807) is 0 Å². The first-order chi connectivity index (χ1) is 20.5. The second-order valence-corrected chi connectivity index (χ2v) is 10.5. The predicted molar refractivity (Wildman–Crippen MR) is 142 cm³/mol. The maximum absolute atomic E-state index is 12.2. The molecule has 17 nitrogen and oxygen atoms in total. The summed E-state index contributed by atoms with van der Waals surface area (Å²) in [5.74, 6) is -5.63. The van der Waals surface area contributed by atoms with Crippen molar-refractivity contribution in [1.29, 1.82) is 0 Å². The fourth-order valence-electron chi connectivity index (χ4n) is 4.46. The summed E-state index contributed by atoms with van der Waals surface area (Å²) >= 11 is 3.23. The third kappa shape index (κ3) is 11.0. The van der Waals surface area contributed by atoms with Gasteiger partial charge in [0.05, 0.1) is 0 Å². The standard InChI is InChI=1S/C26H35BrO17/c1-10(28)35-8-17-20(21(38-13(4)31)23(25(27)42-17)40-15(6)33)44-26-24(41-16(7)34)22(39-14(5)32)19(37-12(3)30)18(43-26)9-36-11(2)29/h17-26H,8-9H2,1-7H3/t17-,18-,19-,20-,21+,22+,23+,24+,25?,26+/m1/s1. The molecule has 2 aliphatic rings. The number of carbonyl (C=O) groups is 7. The van der Waals surface area contributed by atoms with Crippen LogP contribution >= 0.6 is 15.9 Å². The van der Waals surface area contributed by atoms with Crippen LogP contribution in [0.15, 0.2) is 0 Å². The summed E-state index contributed by atoms with van der Waals surface area (Å²) in [5.41, 5.74) is 0. The molecule has 0 aromatic rings.